The molecule has 1 aliphatic heterocycles. The van der Waals surface area contributed by atoms with Crippen LogP contribution in [0.3, 0.4) is 0 Å². The third kappa shape index (κ3) is 2.47. The number of nitrogens with zero attached hydrogens (tertiary/aromatic N) is 1. The number of hydrogen-bond donors (Lipinski definition) is 1. The average molecular weight is 254 g/mol. The van der Waals surface area contributed by atoms with Crippen LogP contribution in [0, 0.1) is 0 Å². The van der Waals surface area contributed by atoms with Crippen molar-refractivity contribution in [2.75, 3.05) is 13.2 Å². The number of fused-ring (bicyclic) bond motifs is 1. The topological polar surface area (TPSA) is 34.1 Å². The van der Waals surface area contributed by atoms with E-state index in [1.807, 2.05) is 25.4 Å². The van der Waals surface area contributed by atoms with Crippen molar-refractivity contribution in [2.24, 2.45) is 0 Å². The van der Waals surface area contributed by atoms with Gasteiger partial charge in [-0.05, 0) is 48.2 Å². The van der Waals surface area contributed by atoms with Crippen molar-refractivity contribution in [2.45, 2.75) is 19.4 Å². The zero-order chi connectivity index (χ0) is 13.1. The van der Waals surface area contributed by atoms with Gasteiger partial charge >= 0.3 is 0 Å². The third-order valence-electron chi connectivity index (χ3n) is 3.50. The van der Waals surface area contributed by atoms with Crippen LogP contribution in [0.4, 0.5) is 0 Å². The molecule has 0 saturated heterocycles. The van der Waals surface area contributed by atoms with Gasteiger partial charge in [0, 0.05) is 18.9 Å². The van der Waals surface area contributed by atoms with Gasteiger partial charge in [0.15, 0.2) is 0 Å². The lowest BCUT2D eigenvalue weighted by molar-refractivity contribution is 0.339. The maximum Gasteiger partial charge on any atom is 0.119 e. The summed E-state index contributed by atoms with van der Waals surface area (Å²) in [6.07, 6.45) is 4.79. The van der Waals surface area contributed by atoms with E-state index in [1.54, 1.807) is 0 Å². The summed E-state index contributed by atoms with van der Waals surface area (Å²) in [5.74, 6) is 0.966. The molecule has 1 aliphatic rings. The number of rotatable bonds is 3. The molecule has 0 bridgehead atoms. The van der Waals surface area contributed by atoms with Crippen molar-refractivity contribution in [1.29, 1.82) is 0 Å². The lowest BCUT2D eigenvalue weighted by atomic mass is 9.90. The quantitative estimate of drug-likeness (QED) is 0.914. The molecule has 2 aromatic rings. The van der Waals surface area contributed by atoms with Gasteiger partial charge in [0.25, 0.3) is 0 Å². The number of benzene rings is 1. The van der Waals surface area contributed by atoms with E-state index < -0.39 is 0 Å². The smallest absolute Gasteiger partial charge is 0.119 e. The average Bonchev–Trinajstić information content (AvgIpc) is 2.48. The minimum atomic E-state index is 0.244. The first-order valence-corrected chi connectivity index (χ1v) is 6.77. The van der Waals surface area contributed by atoms with Gasteiger partial charge in [0.05, 0.1) is 12.6 Å². The number of hydrogen-bond acceptors (Lipinski definition) is 3. The van der Waals surface area contributed by atoms with Crippen LogP contribution < -0.4 is 10.1 Å². The fourth-order valence-corrected chi connectivity index (χ4v) is 2.64. The lowest BCUT2D eigenvalue weighted by Crippen LogP contribution is -2.30. The SMILES string of the molecule is CCOc1ccc2c(c1)CCNC2c1cccnc1. The summed E-state index contributed by atoms with van der Waals surface area (Å²) < 4.78 is 5.58. The fourth-order valence-electron chi connectivity index (χ4n) is 2.64. The van der Waals surface area contributed by atoms with Crippen LogP contribution in [-0.2, 0) is 6.42 Å². The summed E-state index contributed by atoms with van der Waals surface area (Å²) >= 11 is 0. The van der Waals surface area contributed by atoms with Crippen LogP contribution in [0.15, 0.2) is 42.7 Å². The van der Waals surface area contributed by atoms with Crippen LogP contribution in [0.5, 0.6) is 5.75 Å². The summed E-state index contributed by atoms with van der Waals surface area (Å²) in [5.41, 5.74) is 3.92. The second-order valence-electron chi connectivity index (χ2n) is 4.72. The van der Waals surface area contributed by atoms with E-state index in [0.717, 1.165) is 18.7 Å². The number of nitrogens with one attached hydrogen (secondary N) is 1. The predicted molar refractivity (Wildman–Crippen MR) is 75.4 cm³/mol. The largest absolute Gasteiger partial charge is 0.494 e. The highest BCUT2D eigenvalue weighted by atomic mass is 16.5. The highest BCUT2D eigenvalue weighted by molar-refractivity contribution is 5.43. The molecule has 98 valence electrons. The molecule has 1 aromatic heterocycles. The van der Waals surface area contributed by atoms with Crippen molar-refractivity contribution in [3.63, 3.8) is 0 Å². The Balaban J connectivity index is 1.96. The van der Waals surface area contributed by atoms with E-state index in [9.17, 15) is 0 Å². The Morgan fingerprint density at radius 2 is 2.32 bits per heavy atom. The molecule has 0 radical (unpaired) electrons. The number of ether oxygens (including phenoxy) is 1. The van der Waals surface area contributed by atoms with E-state index >= 15 is 0 Å². The zero-order valence-electron chi connectivity index (χ0n) is 11.1. The van der Waals surface area contributed by atoms with Crippen LogP contribution in [0.2, 0.25) is 0 Å². The van der Waals surface area contributed by atoms with E-state index in [4.69, 9.17) is 4.74 Å². The fraction of sp³-hybridized carbons (Fsp3) is 0.312. The summed E-state index contributed by atoms with van der Waals surface area (Å²) in [7, 11) is 0. The Labute approximate surface area is 113 Å². The molecule has 1 unspecified atom stereocenters. The molecule has 3 heteroatoms. The third-order valence-corrected chi connectivity index (χ3v) is 3.50. The molecule has 0 saturated carbocycles. The van der Waals surface area contributed by atoms with Crippen molar-refractivity contribution in [3.8, 4) is 5.75 Å². The van der Waals surface area contributed by atoms with Gasteiger partial charge in [-0.1, -0.05) is 12.1 Å². The molecule has 0 fully saturated rings. The first-order valence-electron chi connectivity index (χ1n) is 6.77. The van der Waals surface area contributed by atoms with E-state index in [0.29, 0.717) is 6.61 Å². The molecule has 19 heavy (non-hydrogen) atoms. The Morgan fingerprint density at radius 3 is 3.11 bits per heavy atom. The zero-order valence-corrected chi connectivity index (χ0v) is 11.1. The maximum atomic E-state index is 5.58. The van der Waals surface area contributed by atoms with Crippen LogP contribution in [-0.4, -0.2) is 18.1 Å². The minimum absolute atomic E-state index is 0.244. The van der Waals surface area contributed by atoms with Gasteiger partial charge in [-0.15, -0.1) is 0 Å². The van der Waals surface area contributed by atoms with Gasteiger partial charge in [0.2, 0.25) is 0 Å². The molecular formula is C16H18N2O. The molecule has 0 amide bonds. The summed E-state index contributed by atoms with van der Waals surface area (Å²) in [6, 6.07) is 10.7. The molecule has 1 atom stereocenters. The maximum absolute atomic E-state index is 5.58. The molecule has 2 heterocycles. The van der Waals surface area contributed by atoms with Crippen LogP contribution >= 0.6 is 0 Å². The normalized spacial score (nSPS) is 17.8. The molecular weight excluding hydrogens is 236 g/mol. The van der Waals surface area contributed by atoms with Gasteiger partial charge in [-0.3, -0.25) is 4.98 Å². The first-order chi connectivity index (χ1) is 9.38. The van der Waals surface area contributed by atoms with E-state index in [-0.39, 0.29) is 6.04 Å². The standard InChI is InChI=1S/C16H18N2O/c1-2-19-14-5-6-15-12(10-14)7-9-18-16(15)13-4-3-8-17-11-13/h3-6,8,10-11,16,18H,2,7,9H2,1H3. The van der Waals surface area contributed by atoms with Crippen molar-refractivity contribution >= 4 is 0 Å². The summed E-state index contributed by atoms with van der Waals surface area (Å²) in [5, 5.41) is 3.56. The van der Waals surface area contributed by atoms with Gasteiger partial charge < -0.3 is 10.1 Å². The van der Waals surface area contributed by atoms with Crippen molar-refractivity contribution in [3.05, 3.63) is 59.4 Å². The molecule has 0 aliphatic carbocycles. The lowest BCUT2D eigenvalue weighted by Gasteiger charge is -2.27. The summed E-state index contributed by atoms with van der Waals surface area (Å²) in [6.45, 7) is 3.71. The Hall–Kier alpha value is -1.87. The van der Waals surface area contributed by atoms with Gasteiger partial charge in [0.1, 0.15) is 5.75 Å². The Kier molecular flexibility index (Phi) is 3.47. The molecule has 3 rings (SSSR count). The molecule has 3 nitrogen and oxygen atoms in total. The second-order valence-corrected chi connectivity index (χ2v) is 4.72. The highest BCUT2D eigenvalue weighted by Gasteiger charge is 2.21. The highest BCUT2D eigenvalue weighted by Crippen LogP contribution is 2.30. The van der Waals surface area contributed by atoms with Crippen LogP contribution in [0.1, 0.15) is 29.7 Å². The van der Waals surface area contributed by atoms with E-state index in [2.05, 4.69) is 34.6 Å². The number of aromatic nitrogens is 1. The Morgan fingerprint density at radius 1 is 1.37 bits per heavy atom. The van der Waals surface area contributed by atoms with Crippen molar-refractivity contribution in [1.82, 2.24) is 10.3 Å². The van der Waals surface area contributed by atoms with Gasteiger partial charge in [-0.25, -0.2) is 0 Å². The monoisotopic (exact) mass is 254 g/mol. The van der Waals surface area contributed by atoms with Crippen molar-refractivity contribution < 1.29 is 4.74 Å². The minimum Gasteiger partial charge on any atom is -0.494 e. The van der Waals surface area contributed by atoms with Gasteiger partial charge in [-0.2, -0.15) is 0 Å². The molecule has 0 spiro atoms. The summed E-state index contributed by atoms with van der Waals surface area (Å²) in [4.78, 5) is 4.22. The van der Waals surface area contributed by atoms with E-state index in [1.165, 1.54) is 16.7 Å². The molecule has 1 aromatic carbocycles. The Bertz CT molecular complexity index is 554. The van der Waals surface area contributed by atoms with Crippen LogP contribution in [0.25, 0.3) is 0 Å². The second kappa shape index (κ2) is 5.41. The predicted octanol–water partition coefficient (Wildman–Crippen LogP) is 2.72. The first kappa shape index (κ1) is 12.2. The molecule has 1 N–H and O–H groups in total. The number of pyridine rings is 1.